The summed E-state index contributed by atoms with van der Waals surface area (Å²) in [7, 11) is 0. The lowest BCUT2D eigenvalue weighted by molar-refractivity contribution is 0.0788. The number of nitrogens with zero attached hydrogens (tertiary/aromatic N) is 4. The summed E-state index contributed by atoms with van der Waals surface area (Å²) < 4.78 is 14.9. The van der Waals surface area contributed by atoms with E-state index in [0.717, 1.165) is 44.9 Å². The van der Waals surface area contributed by atoms with E-state index in [1.54, 1.807) is 15.9 Å². The minimum absolute atomic E-state index is 0.0916. The van der Waals surface area contributed by atoms with E-state index in [4.69, 9.17) is 11.5 Å². The normalized spacial score (nSPS) is 22.0. The molecule has 0 bridgehead atoms. The van der Waals surface area contributed by atoms with E-state index >= 15 is 0 Å². The zero-order valence-electron chi connectivity index (χ0n) is 15.3. The van der Waals surface area contributed by atoms with Crippen molar-refractivity contribution >= 4 is 23.5 Å². The third-order valence-corrected chi connectivity index (χ3v) is 5.69. The molecule has 27 heavy (non-hydrogen) atoms. The van der Waals surface area contributed by atoms with Crippen molar-refractivity contribution in [2.24, 2.45) is 21.5 Å². The lowest BCUT2D eigenvalue weighted by Gasteiger charge is -2.45. The van der Waals surface area contributed by atoms with Crippen LogP contribution in [0.2, 0.25) is 0 Å². The van der Waals surface area contributed by atoms with Crippen LogP contribution in [0, 0.1) is 5.82 Å². The Morgan fingerprint density at radius 3 is 2.44 bits per heavy atom. The van der Waals surface area contributed by atoms with Gasteiger partial charge in [-0.3, -0.25) is 9.69 Å². The largest absolute Gasteiger partial charge is 0.369 e. The second-order valence-electron chi connectivity index (χ2n) is 7.48. The Balaban J connectivity index is 1.68. The zero-order valence-corrected chi connectivity index (χ0v) is 15.3. The third kappa shape index (κ3) is 3.13. The van der Waals surface area contributed by atoms with E-state index < -0.39 is 11.5 Å². The summed E-state index contributed by atoms with van der Waals surface area (Å²) in [6, 6.07) is 4.62. The number of aliphatic imine (C=N–C) groups is 2. The molecule has 1 aromatic carbocycles. The van der Waals surface area contributed by atoms with Gasteiger partial charge in [-0.15, -0.1) is 0 Å². The molecule has 2 fully saturated rings. The van der Waals surface area contributed by atoms with Crippen LogP contribution in [-0.4, -0.2) is 41.5 Å². The van der Waals surface area contributed by atoms with Crippen LogP contribution >= 0.6 is 0 Å². The molecular weight excluding hydrogens is 347 g/mol. The second kappa shape index (κ2) is 6.83. The number of halogens is 1. The summed E-state index contributed by atoms with van der Waals surface area (Å²) in [4.78, 5) is 24.7. The number of amides is 1. The quantitative estimate of drug-likeness (QED) is 0.831. The molecule has 1 aliphatic carbocycles. The van der Waals surface area contributed by atoms with Gasteiger partial charge in [0.25, 0.3) is 5.91 Å². The number of hydrogen-bond acceptors (Lipinski definition) is 6. The number of benzene rings is 1. The number of carbonyl (C=O) groups is 1. The molecule has 4 N–H and O–H groups in total. The van der Waals surface area contributed by atoms with Gasteiger partial charge in [0.15, 0.2) is 0 Å². The number of anilines is 1. The van der Waals surface area contributed by atoms with Gasteiger partial charge in [-0.05, 0) is 56.7 Å². The Kier molecular flexibility index (Phi) is 4.49. The Labute approximate surface area is 157 Å². The molecule has 144 valence electrons. The van der Waals surface area contributed by atoms with Crippen LogP contribution in [0.1, 0.15) is 55.3 Å². The number of hydrogen-bond donors (Lipinski definition) is 2. The minimum Gasteiger partial charge on any atom is -0.369 e. The third-order valence-electron chi connectivity index (χ3n) is 5.69. The number of carbonyl (C=O) groups excluding carboxylic acids is 1. The van der Waals surface area contributed by atoms with Gasteiger partial charge in [0.2, 0.25) is 11.9 Å². The lowest BCUT2D eigenvalue weighted by atomic mass is 9.87. The number of guanidine groups is 2. The van der Waals surface area contributed by atoms with Gasteiger partial charge in [-0.2, -0.15) is 4.99 Å². The van der Waals surface area contributed by atoms with Crippen LogP contribution in [0.3, 0.4) is 0 Å². The summed E-state index contributed by atoms with van der Waals surface area (Å²) in [5.41, 5.74) is 12.1. The molecule has 2 heterocycles. The highest BCUT2D eigenvalue weighted by Crippen LogP contribution is 2.39. The second-order valence-corrected chi connectivity index (χ2v) is 7.48. The van der Waals surface area contributed by atoms with E-state index in [-0.39, 0.29) is 23.4 Å². The molecule has 1 amide bonds. The smallest absolute Gasteiger partial charge is 0.256 e. The first-order valence-electron chi connectivity index (χ1n) is 9.59. The molecule has 3 aliphatic rings. The molecule has 2 aliphatic heterocycles. The highest BCUT2D eigenvalue weighted by Gasteiger charge is 2.42. The van der Waals surface area contributed by atoms with E-state index in [0.29, 0.717) is 18.8 Å². The predicted molar refractivity (Wildman–Crippen MR) is 103 cm³/mol. The van der Waals surface area contributed by atoms with E-state index in [2.05, 4.69) is 9.98 Å². The van der Waals surface area contributed by atoms with Crippen LogP contribution in [0.15, 0.2) is 28.2 Å². The SMILES string of the molecule is NC1=NC2(CCCCC2)N(c2ccc(C(=O)N3CCCC3)c(F)c2)C(N)=N1. The van der Waals surface area contributed by atoms with Crippen LogP contribution in [0.25, 0.3) is 0 Å². The van der Waals surface area contributed by atoms with E-state index in [9.17, 15) is 9.18 Å². The minimum atomic E-state index is -0.624. The van der Waals surface area contributed by atoms with Gasteiger partial charge >= 0.3 is 0 Å². The maximum Gasteiger partial charge on any atom is 0.256 e. The van der Waals surface area contributed by atoms with E-state index in [1.807, 2.05) is 0 Å². The maximum absolute atomic E-state index is 14.9. The average Bonchev–Trinajstić information content (AvgIpc) is 3.16. The standard InChI is InChI=1S/C19H25FN6O/c20-15-12-13(6-7-14(15)16(27)25-10-4-5-11-25)26-18(22)23-17(21)24-19(26)8-2-1-3-9-19/h6-7,12H,1-5,8-11H2,(H4,21,22,23,24). The zero-order chi connectivity index (χ0) is 19.0. The molecule has 8 heteroatoms. The molecule has 1 saturated heterocycles. The van der Waals surface area contributed by atoms with Gasteiger partial charge < -0.3 is 16.4 Å². The van der Waals surface area contributed by atoms with E-state index in [1.165, 1.54) is 12.1 Å². The van der Waals surface area contributed by atoms with Crippen molar-refractivity contribution in [1.29, 1.82) is 0 Å². The van der Waals surface area contributed by atoms with Crippen molar-refractivity contribution in [1.82, 2.24) is 4.90 Å². The summed E-state index contributed by atoms with van der Waals surface area (Å²) in [5.74, 6) is -0.438. The number of rotatable bonds is 2. The molecule has 0 aromatic heterocycles. The maximum atomic E-state index is 14.9. The fourth-order valence-electron chi connectivity index (χ4n) is 4.40. The van der Waals surface area contributed by atoms with Gasteiger partial charge in [0.05, 0.1) is 5.56 Å². The lowest BCUT2D eigenvalue weighted by Crippen LogP contribution is -2.58. The first-order chi connectivity index (χ1) is 13.0. The number of nitrogens with two attached hydrogens (primary N) is 2. The summed E-state index contributed by atoms with van der Waals surface area (Å²) >= 11 is 0. The molecule has 1 spiro atoms. The first-order valence-corrected chi connectivity index (χ1v) is 9.59. The van der Waals surface area contributed by atoms with Gasteiger partial charge in [0.1, 0.15) is 11.5 Å². The van der Waals surface area contributed by atoms with Crippen molar-refractivity contribution in [2.75, 3.05) is 18.0 Å². The van der Waals surface area contributed by atoms with Crippen molar-refractivity contribution < 1.29 is 9.18 Å². The van der Waals surface area contributed by atoms with Crippen molar-refractivity contribution in [3.63, 3.8) is 0 Å². The van der Waals surface area contributed by atoms with Crippen LogP contribution in [0.4, 0.5) is 10.1 Å². The molecule has 0 unspecified atom stereocenters. The monoisotopic (exact) mass is 372 g/mol. The van der Waals surface area contributed by atoms with Gasteiger partial charge in [-0.1, -0.05) is 6.42 Å². The Morgan fingerprint density at radius 2 is 1.78 bits per heavy atom. The molecule has 1 saturated carbocycles. The van der Waals surface area contributed by atoms with Crippen LogP contribution in [-0.2, 0) is 0 Å². The van der Waals surface area contributed by atoms with Crippen molar-refractivity contribution in [2.45, 2.75) is 50.6 Å². The molecular formula is C19H25FN6O. The first kappa shape index (κ1) is 17.8. The Bertz CT molecular complexity index is 808. The molecule has 0 atom stereocenters. The fourth-order valence-corrected chi connectivity index (χ4v) is 4.40. The Hall–Kier alpha value is -2.64. The highest BCUT2D eigenvalue weighted by molar-refractivity contribution is 6.06. The fraction of sp³-hybridized carbons (Fsp3) is 0.526. The van der Waals surface area contributed by atoms with Gasteiger partial charge in [0, 0.05) is 18.8 Å². The van der Waals surface area contributed by atoms with Gasteiger partial charge in [-0.25, -0.2) is 9.38 Å². The van der Waals surface area contributed by atoms with Crippen molar-refractivity contribution in [3.8, 4) is 0 Å². The van der Waals surface area contributed by atoms with Crippen LogP contribution < -0.4 is 16.4 Å². The average molecular weight is 372 g/mol. The summed E-state index contributed by atoms with van der Waals surface area (Å²) in [6.07, 6.45) is 6.60. The molecule has 4 rings (SSSR count). The predicted octanol–water partition coefficient (Wildman–Crippen LogP) is 2.17. The number of likely N-dealkylation sites (tertiary alicyclic amines) is 1. The van der Waals surface area contributed by atoms with Crippen molar-refractivity contribution in [3.05, 3.63) is 29.6 Å². The van der Waals surface area contributed by atoms with Crippen LogP contribution in [0.5, 0.6) is 0 Å². The summed E-state index contributed by atoms with van der Waals surface area (Å²) in [5, 5.41) is 0. The molecule has 1 aromatic rings. The summed E-state index contributed by atoms with van der Waals surface area (Å²) in [6.45, 7) is 1.37. The highest BCUT2D eigenvalue weighted by atomic mass is 19.1. The topological polar surface area (TPSA) is 100 Å². The molecule has 7 nitrogen and oxygen atoms in total. The molecule has 0 radical (unpaired) electrons. The Morgan fingerprint density at radius 1 is 1.07 bits per heavy atom.